The lowest BCUT2D eigenvalue weighted by atomic mass is 10.0. The molecule has 0 amide bonds. The Morgan fingerprint density at radius 2 is 1.75 bits per heavy atom. The van der Waals surface area contributed by atoms with Gasteiger partial charge in [-0.05, 0) is 42.7 Å². The van der Waals surface area contributed by atoms with Gasteiger partial charge in [-0.3, -0.25) is 4.31 Å². The summed E-state index contributed by atoms with van der Waals surface area (Å²) in [6.45, 7) is 0.528. The van der Waals surface area contributed by atoms with Gasteiger partial charge in [-0.1, -0.05) is 40.2 Å². The van der Waals surface area contributed by atoms with E-state index < -0.39 is 10.0 Å². The third-order valence-electron chi connectivity index (χ3n) is 3.48. The Bertz CT molecular complexity index is 729. The van der Waals surface area contributed by atoms with Crippen molar-refractivity contribution in [2.75, 3.05) is 10.8 Å². The molecule has 0 fully saturated rings. The van der Waals surface area contributed by atoms with Crippen LogP contribution in [-0.4, -0.2) is 15.0 Å². The van der Waals surface area contributed by atoms with Gasteiger partial charge in [-0.25, -0.2) is 8.42 Å². The third kappa shape index (κ3) is 2.25. The van der Waals surface area contributed by atoms with Crippen LogP contribution in [0.3, 0.4) is 0 Å². The molecule has 0 spiro atoms. The van der Waals surface area contributed by atoms with E-state index in [4.69, 9.17) is 0 Å². The summed E-state index contributed by atoms with van der Waals surface area (Å²) in [6.07, 6.45) is 1.74. The molecule has 0 unspecified atom stereocenters. The smallest absolute Gasteiger partial charge is 0.264 e. The number of halogens is 1. The van der Waals surface area contributed by atoms with E-state index in [-0.39, 0.29) is 0 Å². The zero-order valence-corrected chi connectivity index (χ0v) is 13.2. The molecule has 0 saturated heterocycles. The molecule has 1 heterocycles. The van der Waals surface area contributed by atoms with Crippen molar-refractivity contribution in [1.29, 1.82) is 0 Å². The van der Waals surface area contributed by atoms with Gasteiger partial charge in [-0.2, -0.15) is 0 Å². The fraction of sp³-hybridized carbons (Fsp3) is 0.200. The quantitative estimate of drug-likeness (QED) is 0.828. The highest BCUT2D eigenvalue weighted by atomic mass is 79.9. The van der Waals surface area contributed by atoms with Gasteiger partial charge < -0.3 is 0 Å². The fourth-order valence-corrected chi connectivity index (χ4v) is 4.63. The molecule has 104 valence electrons. The summed E-state index contributed by atoms with van der Waals surface area (Å²) in [5.41, 5.74) is 1.85. The van der Waals surface area contributed by atoms with Crippen molar-refractivity contribution < 1.29 is 8.42 Å². The van der Waals surface area contributed by atoms with Crippen molar-refractivity contribution in [2.45, 2.75) is 17.7 Å². The van der Waals surface area contributed by atoms with E-state index in [1.165, 1.54) is 4.31 Å². The Hall–Kier alpha value is -1.33. The van der Waals surface area contributed by atoms with E-state index in [1.807, 2.05) is 24.3 Å². The summed E-state index contributed by atoms with van der Waals surface area (Å²) in [4.78, 5) is 0.341. The van der Waals surface area contributed by atoms with Crippen molar-refractivity contribution in [1.82, 2.24) is 0 Å². The average molecular weight is 352 g/mol. The molecular formula is C15H14BrNO2S. The number of anilines is 1. The van der Waals surface area contributed by atoms with Crippen LogP contribution < -0.4 is 4.31 Å². The first-order valence-corrected chi connectivity index (χ1v) is 8.69. The van der Waals surface area contributed by atoms with E-state index >= 15 is 0 Å². The maximum Gasteiger partial charge on any atom is 0.264 e. The Labute approximate surface area is 127 Å². The van der Waals surface area contributed by atoms with Gasteiger partial charge in [-0.15, -0.1) is 0 Å². The molecule has 20 heavy (non-hydrogen) atoms. The number of hydrogen-bond acceptors (Lipinski definition) is 2. The molecule has 2 aromatic carbocycles. The van der Waals surface area contributed by atoms with Gasteiger partial charge in [0.25, 0.3) is 10.0 Å². The SMILES string of the molecule is O=S(=O)(c1ccccc1)N1CCCc2c(Br)cccc21. The second kappa shape index (κ2) is 5.22. The largest absolute Gasteiger partial charge is 0.266 e. The standard InChI is InChI=1S/C15H14BrNO2S/c16-14-9-4-10-15-13(14)8-5-11-17(15)20(18,19)12-6-2-1-3-7-12/h1-4,6-7,9-10H,5,8,11H2. The van der Waals surface area contributed by atoms with Crippen LogP contribution in [0.1, 0.15) is 12.0 Å². The van der Waals surface area contributed by atoms with Crippen molar-refractivity contribution in [2.24, 2.45) is 0 Å². The second-order valence-electron chi connectivity index (χ2n) is 4.73. The third-order valence-corrected chi connectivity index (χ3v) is 6.05. The molecule has 0 bridgehead atoms. The number of fused-ring (bicyclic) bond motifs is 1. The molecule has 0 aromatic heterocycles. The first-order valence-electron chi connectivity index (χ1n) is 6.46. The van der Waals surface area contributed by atoms with Gasteiger partial charge in [0.2, 0.25) is 0 Å². The van der Waals surface area contributed by atoms with Crippen LogP contribution in [0.4, 0.5) is 5.69 Å². The van der Waals surface area contributed by atoms with Gasteiger partial charge in [0, 0.05) is 11.0 Å². The topological polar surface area (TPSA) is 37.4 Å². The number of nitrogens with zero attached hydrogens (tertiary/aromatic N) is 1. The van der Waals surface area contributed by atoms with Crippen molar-refractivity contribution in [3.63, 3.8) is 0 Å². The first kappa shape index (κ1) is 13.6. The summed E-state index contributed by atoms with van der Waals surface area (Å²) in [7, 11) is -3.48. The lowest BCUT2D eigenvalue weighted by molar-refractivity contribution is 0.586. The molecule has 3 rings (SSSR count). The van der Waals surface area contributed by atoms with Crippen molar-refractivity contribution in [3.8, 4) is 0 Å². The van der Waals surface area contributed by atoms with Crippen LogP contribution in [-0.2, 0) is 16.4 Å². The van der Waals surface area contributed by atoms with E-state index in [0.29, 0.717) is 11.4 Å². The Kier molecular flexibility index (Phi) is 3.56. The summed E-state index contributed by atoms with van der Waals surface area (Å²) in [5.74, 6) is 0. The molecule has 1 aliphatic heterocycles. The molecule has 0 saturated carbocycles. The predicted molar refractivity (Wildman–Crippen MR) is 83.4 cm³/mol. The minimum atomic E-state index is -3.48. The maximum absolute atomic E-state index is 12.8. The minimum absolute atomic E-state index is 0.341. The van der Waals surface area contributed by atoms with E-state index in [0.717, 1.165) is 28.6 Å². The summed E-state index contributed by atoms with van der Waals surface area (Å²) in [5, 5.41) is 0. The van der Waals surface area contributed by atoms with Gasteiger partial charge in [0.1, 0.15) is 0 Å². The van der Waals surface area contributed by atoms with Gasteiger partial charge in [0.15, 0.2) is 0 Å². The van der Waals surface area contributed by atoms with Crippen LogP contribution in [0.15, 0.2) is 57.9 Å². The van der Waals surface area contributed by atoms with E-state index in [2.05, 4.69) is 15.9 Å². The molecule has 2 aromatic rings. The van der Waals surface area contributed by atoms with Gasteiger partial charge >= 0.3 is 0 Å². The van der Waals surface area contributed by atoms with Crippen LogP contribution in [0.25, 0.3) is 0 Å². The first-order chi connectivity index (χ1) is 9.60. The lowest BCUT2D eigenvalue weighted by Crippen LogP contribution is -2.35. The van der Waals surface area contributed by atoms with Crippen LogP contribution >= 0.6 is 15.9 Å². The van der Waals surface area contributed by atoms with E-state index in [1.54, 1.807) is 24.3 Å². The molecule has 1 aliphatic rings. The minimum Gasteiger partial charge on any atom is -0.266 e. The second-order valence-corrected chi connectivity index (χ2v) is 7.45. The molecule has 5 heteroatoms. The highest BCUT2D eigenvalue weighted by molar-refractivity contribution is 9.10. The molecule has 0 radical (unpaired) electrons. The number of rotatable bonds is 2. The highest BCUT2D eigenvalue weighted by Gasteiger charge is 2.29. The van der Waals surface area contributed by atoms with E-state index in [9.17, 15) is 8.42 Å². The maximum atomic E-state index is 12.8. The van der Waals surface area contributed by atoms with Crippen molar-refractivity contribution in [3.05, 3.63) is 58.6 Å². The fourth-order valence-electron chi connectivity index (χ4n) is 2.52. The lowest BCUT2D eigenvalue weighted by Gasteiger charge is -2.31. The molecule has 0 atom stereocenters. The Morgan fingerprint density at radius 1 is 1.00 bits per heavy atom. The molecule has 0 N–H and O–H groups in total. The van der Waals surface area contributed by atoms with Crippen LogP contribution in [0, 0.1) is 0 Å². The Morgan fingerprint density at radius 3 is 2.50 bits per heavy atom. The zero-order chi connectivity index (χ0) is 14.2. The summed E-state index contributed by atoms with van der Waals surface area (Å²) in [6, 6.07) is 14.3. The number of sulfonamides is 1. The molecule has 3 nitrogen and oxygen atoms in total. The molecular weight excluding hydrogens is 338 g/mol. The Balaban J connectivity index is 2.12. The predicted octanol–water partition coefficient (Wildman–Crippen LogP) is 3.59. The number of benzene rings is 2. The number of hydrogen-bond donors (Lipinski definition) is 0. The summed E-state index contributed by atoms with van der Waals surface area (Å²) < 4.78 is 28.0. The average Bonchev–Trinajstić information content (AvgIpc) is 2.48. The van der Waals surface area contributed by atoms with Gasteiger partial charge in [0.05, 0.1) is 10.6 Å². The molecule has 0 aliphatic carbocycles. The van der Waals surface area contributed by atoms with Crippen LogP contribution in [0.2, 0.25) is 0 Å². The normalized spacial score (nSPS) is 14.9. The summed E-state index contributed by atoms with van der Waals surface area (Å²) >= 11 is 3.51. The van der Waals surface area contributed by atoms with Crippen LogP contribution in [0.5, 0.6) is 0 Å². The zero-order valence-electron chi connectivity index (χ0n) is 10.8. The monoisotopic (exact) mass is 351 g/mol. The van der Waals surface area contributed by atoms with Crippen molar-refractivity contribution >= 4 is 31.6 Å². The highest BCUT2D eigenvalue weighted by Crippen LogP contribution is 2.35.